The molecule has 1 aliphatic heterocycles. The van der Waals surface area contributed by atoms with Gasteiger partial charge >= 0.3 is 7.82 Å². The molecule has 0 saturated carbocycles. The highest BCUT2D eigenvalue weighted by atomic mass is 31.2. The van der Waals surface area contributed by atoms with Gasteiger partial charge in [-0.15, -0.1) is 0 Å². The maximum atomic E-state index is 14.5. The lowest BCUT2D eigenvalue weighted by atomic mass is 9.89. The Hall–Kier alpha value is -4.26. The van der Waals surface area contributed by atoms with Crippen molar-refractivity contribution in [2.24, 2.45) is 29.6 Å². The van der Waals surface area contributed by atoms with E-state index in [-0.39, 0.29) is 66.4 Å². The van der Waals surface area contributed by atoms with Gasteiger partial charge in [-0.25, -0.2) is 4.57 Å². The van der Waals surface area contributed by atoms with Crippen LogP contribution >= 0.6 is 7.82 Å². The first kappa shape index (κ1) is 62.0. The molecular formula is C53H88N7O11P. The topological polar surface area (TPSA) is 217 Å². The number of phosphoric ester groups is 1. The molecule has 0 aromatic heterocycles. The number of benzene rings is 2. The van der Waals surface area contributed by atoms with Gasteiger partial charge in [0.2, 0.25) is 29.5 Å². The molecular weight excluding hydrogens is 942 g/mol. The lowest BCUT2D eigenvalue weighted by molar-refractivity contribution is -0.148. The van der Waals surface area contributed by atoms with Crippen LogP contribution in [-0.4, -0.2) is 147 Å². The first-order valence-corrected chi connectivity index (χ1v) is 27.0. The molecule has 19 heteroatoms. The average molecular weight is 1030 g/mol. The minimum Gasteiger partial charge on any atom is -0.379 e. The van der Waals surface area contributed by atoms with Gasteiger partial charge in [0.25, 0.3) is 0 Å². The fourth-order valence-electron chi connectivity index (χ4n) is 9.93. The molecule has 5 N–H and O–H groups in total. The number of phosphoric acid groups is 1. The smallest absolute Gasteiger partial charge is 0.379 e. The second-order valence-corrected chi connectivity index (χ2v) is 22.1. The Labute approximate surface area is 430 Å². The Morgan fingerprint density at radius 1 is 0.806 bits per heavy atom. The average Bonchev–Trinajstić information content (AvgIpc) is 3.81. The first-order valence-electron chi connectivity index (χ1n) is 25.5. The number of amides is 5. The standard InChI is InChI=1S/C53H88N7O11P/c1-17-35(8)47(59(14)53(65)45(33(4)5)57-52(64)46(34(6)7)58(12)13)42(68-15)30-43(61)60-29-21-24-41(60)48(69-16)36(9)50(62)55-37(10)49(39-22-19-18-20-23-39)71-72(66,67)70-31-38-25-27-40(28-26-38)56-51(63)44(54-11)32(2)3/h18-20,22-23,25-28,32-37,41-42,44-49,54H,17,21,24,29-31H2,1-16H3,(H,55,62)(H,56,63)(H,57,64)(H,66,67)/t35-,36+,37+,41-,42+,44-,45-,46-,47-,48+,49+/m0/s1. The van der Waals surface area contributed by atoms with Crippen LogP contribution in [0.2, 0.25) is 0 Å². The van der Waals surface area contributed by atoms with Gasteiger partial charge in [-0.05, 0) is 87.8 Å². The van der Waals surface area contributed by atoms with E-state index in [9.17, 15) is 33.4 Å². The van der Waals surface area contributed by atoms with Crippen molar-refractivity contribution in [2.45, 2.75) is 156 Å². The number of likely N-dealkylation sites (tertiary alicyclic amines) is 1. The van der Waals surface area contributed by atoms with Gasteiger partial charge in [0, 0.05) is 33.5 Å². The van der Waals surface area contributed by atoms with Crippen LogP contribution in [0.3, 0.4) is 0 Å². The maximum Gasteiger partial charge on any atom is 0.473 e. The number of likely N-dealkylation sites (N-methyl/N-ethyl adjacent to an activating group) is 3. The lowest BCUT2D eigenvalue weighted by Gasteiger charge is -2.41. The number of hydrogen-bond acceptors (Lipinski definition) is 12. The van der Waals surface area contributed by atoms with Crippen molar-refractivity contribution in [2.75, 3.05) is 54.3 Å². The molecule has 0 spiro atoms. The lowest BCUT2D eigenvalue weighted by Crippen LogP contribution is -2.59. The Kier molecular flexibility index (Phi) is 25.0. The summed E-state index contributed by atoms with van der Waals surface area (Å²) in [5.41, 5.74) is 1.64. The van der Waals surface area contributed by atoms with Crippen molar-refractivity contribution >= 4 is 43.0 Å². The van der Waals surface area contributed by atoms with Crippen LogP contribution in [0.15, 0.2) is 54.6 Å². The molecule has 5 amide bonds. The number of carbonyl (C=O) groups is 5. The Bertz CT molecular complexity index is 2070. The zero-order chi connectivity index (χ0) is 54.2. The van der Waals surface area contributed by atoms with Gasteiger partial charge in [-0.2, -0.15) is 0 Å². The molecule has 18 nitrogen and oxygen atoms in total. The van der Waals surface area contributed by atoms with Crippen molar-refractivity contribution in [1.29, 1.82) is 0 Å². The second-order valence-electron chi connectivity index (χ2n) is 20.6. The van der Waals surface area contributed by atoms with E-state index in [2.05, 4.69) is 21.3 Å². The van der Waals surface area contributed by atoms with Crippen molar-refractivity contribution in [1.82, 2.24) is 30.7 Å². The SMILES string of the molecule is CC[C@H](C)[C@@H]([C@@H](CC(=O)N1CCC[C@H]1[C@H](OC)[C@@H](C)C(=O)N[C@H](C)[C@@H](OP(=O)(O)OCc1ccc(NC(=O)[C@@H](NC)C(C)C)cc1)c1ccccc1)OC)N(C)C(=O)[C@@H](NC(=O)[C@H](C(C)C)N(C)C)C(C)C. The van der Waals surface area contributed by atoms with Crippen molar-refractivity contribution < 1.29 is 52.0 Å². The van der Waals surface area contributed by atoms with Crippen molar-refractivity contribution in [3.8, 4) is 0 Å². The van der Waals surface area contributed by atoms with Crippen LogP contribution in [0.25, 0.3) is 0 Å². The van der Waals surface area contributed by atoms with E-state index in [1.54, 1.807) is 92.3 Å². The molecule has 2 aromatic carbocycles. The summed E-state index contributed by atoms with van der Waals surface area (Å²) in [5.74, 6) is -2.29. The Morgan fingerprint density at radius 2 is 1.42 bits per heavy atom. The first-order chi connectivity index (χ1) is 33.8. The number of methoxy groups -OCH3 is 2. The predicted octanol–water partition coefficient (Wildman–Crippen LogP) is 6.40. The molecule has 12 atom stereocenters. The summed E-state index contributed by atoms with van der Waals surface area (Å²) >= 11 is 0. The summed E-state index contributed by atoms with van der Waals surface area (Å²) < 4.78 is 36.9. The predicted molar refractivity (Wildman–Crippen MR) is 280 cm³/mol. The molecule has 0 aliphatic carbocycles. The third-order valence-corrected chi connectivity index (χ3v) is 15.0. The van der Waals surface area contributed by atoms with Crippen LogP contribution in [0, 0.1) is 29.6 Å². The molecule has 2 aromatic rings. The Balaban J connectivity index is 1.76. The highest BCUT2D eigenvalue weighted by Crippen LogP contribution is 2.49. The normalized spacial score (nSPS) is 19.1. The summed E-state index contributed by atoms with van der Waals surface area (Å²) in [6.07, 6.45) is -0.620. The van der Waals surface area contributed by atoms with Crippen LogP contribution in [0.5, 0.6) is 0 Å². The number of carbonyl (C=O) groups excluding carboxylic acids is 5. The zero-order valence-corrected chi connectivity index (χ0v) is 46.7. The highest BCUT2D eigenvalue weighted by molar-refractivity contribution is 7.47. The molecule has 0 bridgehead atoms. The monoisotopic (exact) mass is 1030 g/mol. The number of ether oxygens (including phenoxy) is 2. The molecule has 1 heterocycles. The summed E-state index contributed by atoms with van der Waals surface area (Å²) in [6, 6.07) is 12.0. The van der Waals surface area contributed by atoms with Gasteiger partial charge in [-0.3, -0.25) is 37.9 Å². The minimum absolute atomic E-state index is 0.0139. The zero-order valence-electron chi connectivity index (χ0n) is 45.8. The van der Waals surface area contributed by atoms with E-state index in [1.807, 2.05) is 74.4 Å². The van der Waals surface area contributed by atoms with Gasteiger partial charge in [0.1, 0.15) is 12.1 Å². The maximum absolute atomic E-state index is 14.5. The van der Waals surface area contributed by atoms with Gasteiger partial charge in [0.05, 0.1) is 61.4 Å². The van der Waals surface area contributed by atoms with Gasteiger partial charge in [-0.1, -0.05) is 111 Å². The molecule has 72 heavy (non-hydrogen) atoms. The van der Waals surface area contributed by atoms with E-state index in [4.69, 9.17) is 18.5 Å². The molecule has 1 unspecified atom stereocenters. The van der Waals surface area contributed by atoms with E-state index < -0.39 is 68.2 Å². The summed E-state index contributed by atoms with van der Waals surface area (Å²) in [5, 5.41) is 11.9. The number of hydrogen-bond donors (Lipinski definition) is 5. The minimum atomic E-state index is -4.74. The fourth-order valence-corrected chi connectivity index (χ4v) is 10.9. The molecule has 3 rings (SSSR count). The van der Waals surface area contributed by atoms with Crippen molar-refractivity contribution in [3.05, 3.63) is 65.7 Å². The quantitative estimate of drug-likeness (QED) is 0.0559. The van der Waals surface area contributed by atoms with Gasteiger partial charge in [0.15, 0.2) is 0 Å². The van der Waals surface area contributed by atoms with Crippen LogP contribution in [-0.2, 0) is 53.7 Å². The summed E-state index contributed by atoms with van der Waals surface area (Å²) in [7, 11) is 5.42. The molecule has 0 radical (unpaired) electrons. The number of nitrogens with zero attached hydrogens (tertiary/aromatic N) is 3. The third kappa shape index (κ3) is 17.2. The van der Waals surface area contributed by atoms with Crippen LogP contribution < -0.4 is 21.3 Å². The second kappa shape index (κ2) is 29.0. The third-order valence-electron chi connectivity index (χ3n) is 14.0. The fraction of sp³-hybridized carbons (Fsp3) is 0.679. The molecule has 406 valence electrons. The van der Waals surface area contributed by atoms with Gasteiger partial charge < -0.3 is 45.4 Å². The largest absolute Gasteiger partial charge is 0.473 e. The van der Waals surface area contributed by atoms with Crippen molar-refractivity contribution in [3.63, 3.8) is 0 Å². The molecule has 1 aliphatic rings. The highest BCUT2D eigenvalue weighted by Gasteiger charge is 2.44. The van der Waals surface area contributed by atoms with Crippen LogP contribution in [0.4, 0.5) is 5.69 Å². The van der Waals surface area contributed by atoms with E-state index in [1.165, 1.54) is 14.2 Å². The van der Waals surface area contributed by atoms with Crippen LogP contribution in [0.1, 0.15) is 112 Å². The van der Waals surface area contributed by atoms with E-state index >= 15 is 0 Å². The number of rotatable bonds is 29. The summed E-state index contributed by atoms with van der Waals surface area (Å²) in [4.78, 5) is 85.6. The molecule has 1 saturated heterocycles. The Morgan fingerprint density at radius 3 is 1.93 bits per heavy atom. The number of nitrogens with one attached hydrogen (secondary N) is 4. The molecule has 1 fully saturated rings. The van der Waals surface area contributed by atoms with E-state index in [0.717, 1.165) is 0 Å². The number of anilines is 1. The summed E-state index contributed by atoms with van der Waals surface area (Å²) in [6.45, 7) is 19.2. The van der Waals surface area contributed by atoms with E-state index in [0.29, 0.717) is 42.6 Å².